The standard InChI is InChI=1S/C15H20F3NO/c16-15(17,18)12-6-4-5-11(9-12)10-19-13-7-2-1-3-8-14(13)20/h4-6,9,13-14,19-20H,1-3,7-8,10H2. The molecule has 1 aromatic rings. The predicted molar refractivity (Wildman–Crippen MR) is 71.2 cm³/mol. The molecule has 5 heteroatoms. The summed E-state index contributed by atoms with van der Waals surface area (Å²) in [5, 5.41) is 13.2. The van der Waals surface area contributed by atoms with Crippen molar-refractivity contribution >= 4 is 0 Å². The van der Waals surface area contributed by atoms with Crippen LogP contribution in [0.25, 0.3) is 0 Å². The zero-order valence-corrected chi connectivity index (χ0v) is 11.3. The summed E-state index contributed by atoms with van der Waals surface area (Å²) in [6.07, 6.45) is 0.111. The molecule has 1 aliphatic carbocycles. The van der Waals surface area contributed by atoms with Crippen molar-refractivity contribution in [1.29, 1.82) is 0 Å². The summed E-state index contributed by atoms with van der Waals surface area (Å²) in [4.78, 5) is 0. The van der Waals surface area contributed by atoms with Gasteiger partial charge in [-0.15, -0.1) is 0 Å². The summed E-state index contributed by atoms with van der Waals surface area (Å²) in [5.74, 6) is 0. The van der Waals surface area contributed by atoms with Crippen LogP contribution in [0.3, 0.4) is 0 Å². The molecule has 0 heterocycles. The van der Waals surface area contributed by atoms with Crippen LogP contribution < -0.4 is 5.32 Å². The lowest BCUT2D eigenvalue weighted by Gasteiger charge is -2.22. The molecule has 1 saturated carbocycles. The van der Waals surface area contributed by atoms with Crippen LogP contribution in [0.5, 0.6) is 0 Å². The quantitative estimate of drug-likeness (QED) is 0.834. The average Bonchev–Trinajstić information content (AvgIpc) is 2.60. The van der Waals surface area contributed by atoms with Gasteiger partial charge in [0, 0.05) is 12.6 Å². The van der Waals surface area contributed by atoms with E-state index >= 15 is 0 Å². The van der Waals surface area contributed by atoms with E-state index in [1.165, 1.54) is 6.07 Å². The van der Waals surface area contributed by atoms with Crippen molar-refractivity contribution in [2.75, 3.05) is 0 Å². The fourth-order valence-corrected chi connectivity index (χ4v) is 2.63. The van der Waals surface area contributed by atoms with Crippen LogP contribution in [0, 0.1) is 0 Å². The first-order valence-corrected chi connectivity index (χ1v) is 7.04. The minimum absolute atomic E-state index is 0.0213. The third-order valence-corrected chi connectivity index (χ3v) is 3.80. The monoisotopic (exact) mass is 287 g/mol. The molecule has 2 unspecified atom stereocenters. The molecule has 1 aromatic carbocycles. The van der Waals surface area contributed by atoms with E-state index in [0.29, 0.717) is 12.1 Å². The van der Waals surface area contributed by atoms with Gasteiger partial charge in [0.25, 0.3) is 0 Å². The number of alkyl halides is 3. The van der Waals surface area contributed by atoms with Gasteiger partial charge in [-0.05, 0) is 24.5 Å². The molecule has 112 valence electrons. The van der Waals surface area contributed by atoms with Gasteiger partial charge in [-0.2, -0.15) is 13.2 Å². The molecule has 0 spiro atoms. The lowest BCUT2D eigenvalue weighted by Crippen LogP contribution is -2.38. The fraction of sp³-hybridized carbons (Fsp3) is 0.600. The summed E-state index contributed by atoms with van der Waals surface area (Å²) in [6.45, 7) is 0.353. The van der Waals surface area contributed by atoms with E-state index in [1.807, 2.05) is 0 Å². The van der Waals surface area contributed by atoms with Crippen molar-refractivity contribution in [3.05, 3.63) is 35.4 Å². The van der Waals surface area contributed by atoms with Crippen molar-refractivity contribution in [1.82, 2.24) is 5.32 Å². The molecule has 0 saturated heterocycles. The largest absolute Gasteiger partial charge is 0.416 e. The Morgan fingerprint density at radius 3 is 2.65 bits per heavy atom. The minimum Gasteiger partial charge on any atom is -0.392 e. The predicted octanol–water partition coefficient (Wildman–Crippen LogP) is 3.49. The van der Waals surface area contributed by atoms with Crippen LogP contribution in [-0.4, -0.2) is 17.3 Å². The Labute approximate surface area is 117 Å². The van der Waals surface area contributed by atoms with Gasteiger partial charge >= 0.3 is 6.18 Å². The number of hydrogen-bond donors (Lipinski definition) is 2. The Morgan fingerprint density at radius 2 is 1.90 bits per heavy atom. The smallest absolute Gasteiger partial charge is 0.392 e. The van der Waals surface area contributed by atoms with Crippen LogP contribution >= 0.6 is 0 Å². The fourth-order valence-electron chi connectivity index (χ4n) is 2.63. The molecule has 1 aliphatic rings. The molecule has 2 rings (SSSR count). The maximum absolute atomic E-state index is 12.6. The van der Waals surface area contributed by atoms with E-state index in [2.05, 4.69) is 5.32 Å². The number of aliphatic hydroxyl groups excluding tert-OH is 1. The van der Waals surface area contributed by atoms with Gasteiger partial charge in [0.2, 0.25) is 0 Å². The molecule has 2 atom stereocenters. The lowest BCUT2D eigenvalue weighted by molar-refractivity contribution is -0.137. The number of nitrogens with one attached hydrogen (secondary N) is 1. The van der Waals surface area contributed by atoms with Gasteiger partial charge in [0.15, 0.2) is 0 Å². The highest BCUT2D eigenvalue weighted by atomic mass is 19.4. The second-order valence-corrected chi connectivity index (χ2v) is 5.39. The van der Waals surface area contributed by atoms with E-state index in [0.717, 1.165) is 44.2 Å². The third-order valence-electron chi connectivity index (χ3n) is 3.80. The van der Waals surface area contributed by atoms with Crippen molar-refractivity contribution in [2.24, 2.45) is 0 Å². The Balaban J connectivity index is 1.96. The second-order valence-electron chi connectivity index (χ2n) is 5.39. The zero-order chi connectivity index (χ0) is 14.6. The summed E-state index contributed by atoms with van der Waals surface area (Å²) in [7, 11) is 0. The molecule has 0 aliphatic heterocycles. The molecule has 2 N–H and O–H groups in total. The van der Waals surface area contributed by atoms with Gasteiger partial charge in [-0.25, -0.2) is 0 Å². The van der Waals surface area contributed by atoms with E-state index in [9.17, 15) is 18.3 Å². The topological polar surface area (TPSA) is 32.3 Å². The van der Waals surface area contributed by atoms with Crippen LogP contribution in [0.1, 0.15) is 43.2 Å². The van der Waals surface area contributed by atoms with Crippen molar-refractivity contribution in [2.45, 2.75) is 57.0 Å². The highest BCUT2D eigenvalue weighted by Gasteiger charge is 2.30. The number of halogens is 3. The molecule has 0 radical (unpaired) electrons. The van der Waals surface area contributed by atoms with E-state index in [-0.39, 0.29) is 6.04 Å². The highest BCUT2D eigenvalue weighted by Crippen LogP contribution is 2.29. The number of rotatable bonds is 3. The van der Waals surface area contributed by atoms with Crippen LogP contribution in [0.15, 0.2) is 24.3 Å². The van der Waals surface area contributed by atoms with Gasteiger partial charge in [-0.1, -0.05) is 37.5 Å². The Kier molecular flexibility index (Phi) is 5.05. The van der Waals surface area contributed by atoms with Crippen molar-refractivity contribution in [3.63, 3.8) is 0 Å². The molecule has 2 nitrogen and oxygen atoms in total. The van der Waals surface area contributed by atoms with Crippen LogP contribution in [-0.2, 0) is 12.7 Å². The Morgan fingerprint density at radius 1 is 1.15 bits per heavy atom. The van der Waals surface area contributed by atoms with Gasteiger partial charge in [0.1, 0.15) is 0 Å². The van der Waals surface area contributed by atoms with E-state index in [1.54, 1.807) is 6.07 Å². The maximum atomic E-state index is 12.6. The van der Waals surface area contributed by atoms with Gasteiger partial charge in [-0.3, -0.25) is 0 Å². The SMILES string of the molecule is OC1CCCCCC1NCc1cccc(C(F)(F)F)c1. The normalized spacial score (nSPS) is 24.4. The van der Waals surface area contributed by atoms with Crippen molar-refractivity contribution < 1.29 is 18.3 Å². The average molecular weight is 287 g/mol. The van der Waals surface area contributed by atoms with E-state index < -0.39 is 17.8 Å². The van der Waals surface area contributed by atoms with Gasteiger partial charge < -0.3 is 10.4 Å². The minimum atomic E-state index is -4.31. The number of benzene rings is 1. The zero-order valence-electron chi connectivity index (χ0n) is 11.3. The molecular formula is C15H20F3NO. The van der Waals surface area contributed by atoms with E-state index in [4.69, 9.17) is 0 Å². The summed E-state index contributed by atoms with van der Waals surface area (Å²) < 4.78 is 37.9. The highest BCUT2D eigenvalue weighted by molar-refractivity contribution is 5.25. The molecule has 1 fully saturated rings. The van der Waals surface area contributed by atoms with Crippen LogP contribution in [0.2, 0.25) is 0 Å². The molecule has 0 amide bonds. The molecule has 0 bridgehead atoms. The number of hydrogen-bond acceptors (Lipinski definition) is 2. The maximum Gasteiger partial charge on any atom is 0.416 e. The first-order chi connectivity index (χ1) is 9.47. The first kappa shape index (κ1) is 15.3. The Hall–Kier alpha value is -1.07. The summed E-state index contributed by atoms with van der Waals surface area (Å²) in [6, 6.07) is 5.31. The molecule has 20 heavy (non-hydrogen) atoms. The third kappa shape index (κ3) is 4.21. The second kappa shape index (κ2) is 6.59. The first-order valence-electron chi connectivity index (χ1n) is 7.04. The van der Waals surface area contributed by atoms with Gasteiger partial charge in [0.05, 0.1) is 11.7 Å². The summed E-state index contributed by atoms with van der Waals surface area (Å²) in [5.41, 5.74) is -0.0329. The summed E-state index contributed by atoms with van der Waals surface area (Å²) >= 11 is 0. The Bertz CT molecular complexity index is 433. The van der Waals surface area contributed by atoms with Crippen LogP contribution in [0.4, 0.5) is 13.2 Å². The molecule has 0 aromatic heterocycles. The number of aliphatic hydroxyl groups is 1. The lowest BCUT2D eigenvalue weighted by atomic mass is 10.1. The molecular weight excluding hydrogens is 267 g/mol. The van der Waals surface area contributed by atoms with Crippen molar-refractivity contribution in [3.8, 4) is 0 Å².